The Bertz CT molecular complexity index is 1190. The van der Waals surface area contributed by atoms with Gasteiger partial charge in [-0.1, -0.05) is 60.7 Å². The maximum atomic E-state index is 14.5. The molecule has 0 unspecified atom stereocenters. The van der Waals surface area contributed by atoms with Gasteiger partial charge in [0.25, 0.3) is 0 Å². The third kappa shape index (κ3) is 4.03. The normalized spacial score (nSPS) is 13.7. The van der Waals surface area contributed by atoms with Crippen LogP contribution < -0.4 is 0 Å². The Kier molecular flexibility index (Phi) is 6.29. The number of aliphatic hydroxyl groups is 1. The van der Waals surface area contributed by atoms with Crippen molar-refractivity contribution in [2.24, 2.45) is 0 Å². The van der Waals surface area contributed by atoms with Gasteiger partial charge < -0.3 is 5.11 Å². The molecule has 4 nitrogen and oxygen atoms in total. The molecule has 3 aromatic rings. The van der Waals surface area contributed by atoms with E-state index < -0.39 is 47.0 Å². The lowest BCUT2D eigenvalue weighted by Gasteiger charge is -2.35. The minimum absolute atomic E-state index is 0.151. The van der Waals surface area contributed by atoms with Gasteiger partial charge in [0.1, 0.15) is 11.5 Å². The molecular weight excluding hydrogens is 476 g/mol. The van der Waals surface area contributed by atoms with Crippen LogP contribution in [-0.4, -0.2) is 38.9 Å². The molecule has 1 aromatic heterocycles. The van der Waals surface area contributed by atoms with E-state index in [9.17, 15) is 45.0 Å². The zero-order valence-corrected chi connectivity index (χ0v) is 16.8. The lowest BCUT2D eigenvalue weighted by atomic mass is 9.93. The summed E-state index contributed by atoms with van der Waals surface area (Å²) in [5.74, 6) is -30.1. The number of benzene rings is 2. The highest BCUT2D eigenvalue weighted by molar-refractivity contribution is 6.01. The largest absolute Gasteiger partial charge is 0.507 e. The molecule has 0 saturated heterocycles. The summed E-state index contributed by atoms with van der Waals surface area (Å²) in [5, 5.41) is 14.5. The summed E-state index contributed by atoms with van der Waals surface area (Å²) in [4.78, 5) is 11.7. The number of aromatic nitrogens is 2. The first-order chi connectivity index (χ1) is 15.7. The number of ketones is 1. The molecule has 0 bridgehead atoms. The lowest BCUT2D eigenvalue weighted by Crippen LogP contribution is -2.63. The molecule has 1 heterocycles. The van der Waals surface area contributed by atoms with Crippen molar-refractivity contribution in [3.05, 3.63) is 84.1 Å². The Morgan fingerprint density at radius 1 is 0.824 bits per heavy atom. The number of hydrogen-bond donors (Lipinski definition) is 2. The van der Waals surface area contributed by atoms with Crippen molar-refractivity contribution in [3.63, 3.8) is 0 Å². The predicted octanol–water partition coefficient (Wildman–Crippen LogP) is 6.24. The molecular formula is C22H14F8N2O2. The molecule has 2 N–H and O–H groups in total. The van der Waals surface area contributed by atoms with E-state index >= 15 is 0 Å². The van der Waals surface area contributed by atoms with Crippen molar-refractivity contribution in [2.45, 2.75) is 23.7 Å². The van der Waals surface area contributed by atoms with Crippen LogP contribution in [0.5, 0.6) is 0 Å². The number of hydrogen-bond acceptors (Lipinski definition) is 3. The summed E-state index contributed by atoms with van der Waals surface area (Å²) in [5.41, 5.74) is -2.34. The number of carbonyl (C=O) groups excluding carboxylic acids is 1. The molecule has 12 heteroatoms. The molecule has 0 saturated carbocycles. The van der Waals surface area contributed by atoms with Gasteiger partial charge in [-0.15, -0.1) is 0 Å². The maximum absolute atomic E-state index is 14.5. The van der Waals surface area contributed by atoms with E-state index in [2.05, 4.69) is 5.10 Å². The average Bonchev–Trinajstić information content (AvgIpc) is 3.31. The van der Waals surface area contributed by atoms with Crippen molar-refractivity contribution in [2.75, 3.05) is 0 Å². The van der Waals surface area contributed by atoms with Gasteiger partial charge in [-0.3, -0.25) is 9.89 Å². The lowest BCUT2D eigenvalue weighted by molar-refractivity contribution is -0.361. The van der Waals surface area contributed by atoms with E-state index in [1.807, 2.05) is 0 Å². The van der Waals surface area contributed by atoms with E-state index in [-0.39, 0.29) is 16.8 Å². The van der Waals surface area contributed by atoms with E-state index in [1.54, 1.807) is 6.07 Å². The van der Waals surface area contributed by atoms with E-state index in [4.69, 9.17) is 0 Å². The number of aromatic amines is 1. The molecule has 34 heavy (non-hydrogen) atoms. The minimum atomic E-state index is -6.87. The predicted molar refractivity (Wildman–Crippen MR) is 105 cm³/mol. The Morgan fingerprint density at radius 2 is 1.35 bits per heavy atom. The molecule has 3 rings (SSSR count). The van der Waals surface area contributed by atoms with Gasteiger partial charge in [-0.05, 0) is 6.07 Å². The SMILES string of the molecule is O=C(/C=C(\O)c1ccccc1)C(F)(F)C(F)(F)C(F)(F)C(F)(F)c1cc(-c2ccccc2)n[nH]1. The summed E-state index contributed by atoms with van der Waals surface area (Å²) in [6.07, 6.45) is -0.429. The first-order valence-corrected chi connectivity index (χ1v) is 9.36. The highest BCUT2D eigenvalue weighted by Gasteiger charge is 2.82. The fraction of sp³-hybridized carbons (Fsp3) is 0.182. The third-order valence-corrected chi connectivity index (χ3v) is 4.82. The molecule has 0 amide bonds. The number of halogens is 8. The van der Waals surface area contributed by atoms with Crippen molar-refractivity contribution in [1.82, 2.24) is 10.2 Å². The molecule has 0 aliphatic heterocycles. The molecule has 180 valence electrons. The van der Waals surface area contributed by atoms with Crippen molar-refractivity contribution >= 4 is 11.5 Å². The van der Waals surface area contributed by atoms with E-state index in [1.165, 1.54) is 47.6 Å². The first kappa shape index (κ1) is 24.9. The van der Waals surface area contributed by atoms with Gasteiger partial charge in [-0.2, -0.15) is 40.2 Å². The fourth-order valence-corrected chi connectivity index (χ4v) is 2.86. The smallest absolute Gasteiger partial charge is 0.386 e. The number of rotatable bonds is 8. The minimum Gasteiger partial charge on any atom is -0.507 e. The topological polar surface area (TPSA) is 66.0 Å². The van der Waals surface area contributed by atoms with Crippen LogP contribution in [0.2, 0.25) is 0 Å². The number of allylic oxidation sites excluding steroid dienone is 1. The van der Waals surface area contributed by atoms with Crippen LogP contribution in [0.15, 0.2) is 72.8 Å². The number of aliphatic hydroxyl groups excluding tert-OH is 1. The first-order valence-electron chi connectivity index (χ1n) is 9.36. The number of nitrogens with zero attached hydrogens (tertiary/aromatic N) is 1. The van der Waals surface area contributed by atoms with Crippen LogP contribution in [0, 0.1) is 0 Å². The quantitative estimate of drug-likeness (QED) is 0.223. The van der Waals surface area contributed by atoms with Crippen LogP contribution in [0.3, 0.4) is 0 Å². The van der Waals surface area contributed by atoms with Crippen LogP contribution in [0.1, 0.15) is 11.3 Å². The molecule has 0 spiro atoms. The number of alkyl halides is 8. The second-order valence-electron chi connectivity index (χ2n) is 7.09. The molecule has 0 aliphatic rings. The molecule has 0 fully saturated rings. The van der Waals surface area contributed by atoms with Crippen LogP contribution >= 0.6 is 0 Å². The van der Waals surface area contributed by atoms with Crippen molar-refractivity contribution in [3.8, 4) is 11.3 Å². The zero-order chi connectivity index (χ0) is 25.4. The average molecular weight is 490 g/mol. The fourth-order valence-electron chi connectivity index (χ4n) is 2.86. The molecule has 0 atom stereocenters. The molecule has 0 radical (unpaired) electrons. The summed E-state index contributed by atoms with van der Waals surface area (Å²) >= 11 is 0. The Hall–Kier alpha value is -3.70. The van der Waals surface area contributed by atoms with Gasteiger partial charge in [0.15, 0.2) is 0 Å². The zero-order valence-electron chi connectivity index (χ0n) is 16.8. The van der Waals surface area contributed by atoms with Crippen LogP contribution in [0.25, 0.3) is 17.0 Å². The van der Waals surface area contributed by atoms with E-state index in [0.29, 0.717) is 6.07 Å². The number of H-pyrrole nitrogens is 1. The van der Waals surface area contributed by atoms with Gasteiger partial charge in [0.05, 0.1) is 5.69 Å². The second-order valence-corrected chi connectivity index (χ2v) is 7.09. The van der Waals surface area contributed by atoms with Gasteiger partial charge >= 0.3 is 23.7 Å². The van der Waals surface area contributed by atoms with Crippen molar-refractivity contribution < 1.29 is 45.0 Å². The van der Waals surface area contributed by atoms with Gasteiger partial charge in [0.2, 0.25) is 5.78 Å². The Balaban J connectivity index is 1.95. The Labute approximate surface area is 186 Å². The summed E-state index contributed by atoms with van der Waals surface area (Å²) in [6, 6.07) is 13.7. The third-order valence-electron chi connectivity index (χ3n) is 4.82. The summed E-state index contributed by atoms with van der Waals surface area (Å²) < 4.78 is 114. The molecule has 2 aromatic carbocycles. The van der Waals surface area contributed by atoms with Crippen LogP contribution in [-0.2, 0) is 10.7 Å². The number of carbonyl (C=O) groups is 1. The Morgan fingerprint density at radius 3 is 1.91 bits per heavy atom. The van der Waals surface area contributed by atoms with Crippen LogP contribution in [0.4, 0.5) is 35.1 Å². The monoisotopic (exact) mass is 490 g/mol. The summed E-state index contributed by atoms with van der Waals surface area (Å²) in [7, 11) is 0. The molecule has 0 aliphatic carbocycles. The second kappa shape index (κ2) is 8.58. The highest BCUT2D eigenvalue weighted by atomic mass is 19.4. The maximum Gasteiger partial charge on any atom is 0.386 e. The number of nitrogens with one attached hydrogen (secondary N) is 1. The van der Waals surface area contributed by atoms with Crippen molar-refractivity contribution in [1.29, 1.82) is 0 Å². The standard InChI is InChI=1S/C22H14F8N2O2/c23-19(24,17-11-15(31-32-17)13-7-3-1-4-8-13)21(27,28)22(29,30)20(25,26)18(34)12-16(33)14-9-5-2-6-10-14/h1-12,33H,(H,31,32)/b16-12-. The van der Waals surface area contributed by atoms with Gasteiger partial charge in [-0.25, -0.2) is 0 Å². The van der Waals surface area contributed by atoms with Gasteiger partial charge in [0, 0.05) is 17.2 Å². The highest BCUT2D eigenvalue weighted by Crippen LogP contribution is 2.56. The summed E-state index contributed by atoms with van der Waals surface area (Å²) in [6.45, 7) is 0. The van der Waals surface area contributed by atoms with E-state index in [0.717, 1.165) is 12.1 Å².